The van der Waals surface area contributed by atoms with E-state index >= 15 is 0 Å². The van der Waals surface area contributed by atoms with Crippen LogP contribution in [0.5, 0.6) is 0 Å². The topological polar surface area (TPSA) is 64.2 Å². The smallest absolute Gasteiger partial charge is 0.274 e. The van der Waals surface area contributed by atoms with Crippen molar-refractivity contribution >= 4 is 11.6 Å². The maximum Gasteiger partial charge on any atom is 0.274 e. The Balaban J connectivity index is 2.30. The number of nitrogens with two attached hydrogens (primary N) is 1. The lowest BCUT2D eigenvalue weighted by Gasteiger charge is -2.35. The lowest BCUT2D eigenvalue weighted by molar-refractivity contribution is 0.0598. The van der Waals surface area contributed by atoms with Gasteiger partial charge in [-0.1, -0.05) is 13.8 Å². The second-order valence-electron chi connectivity index (χ2n) is 5.24. The highest BCUT2D eigenvalue weighted by atomic mass is 16.2. The van der Waals surface area contributed by atoms with Crippen LogP contribution < -0.4 is 5.73 Å². The van der Waals surface area contributed by atoms with E-state index in [2.05, 4.69) is 12.0 Å². The third-order valence-corrected chi connectivity index (χ3v) is 4.06. The Morgan fingerprint density at radius 2 is 2.16 bits per heavy atom. The Bertz CT molecular complexity index is 466. The van der Waals surface area contributed by atoms with Gasteiger partial charge in [0.15, 0.2) is 0 Å². The average molecular weight is 264 g/mol. The minimum atomic E-state index is 0.0405. The highest BCUT2D eigenvalue weighted by Gasteiger charge is 2.30. The Morgan fingerprint density at radius 1 is 1.42 bits per heavy atom. The molecule has 1 atom stereocenters. The van der Waals surface area contributed by atoms with Gasteiger partial charge in [-0.2, -0.15) is 5.10 Å². The number of carbonyl (C=O) groups excluding carboxylic acids is 1. The fourth-order valence-electron chi connectivity index (χ4n) is 2.94. The molecule has 19 heavy (non-hydrogen) atoms. The predicted molar refractivity (Wildman–Crippen MR) is 76.0 cm³/mol. The van der Waals surface area contributed by atoms with E-state index in [1.165, 1.54) is 6.42 Å². The van der Waals surface area contributed by atoms with Gasteiger partial charge in [0.05, 0.1) is 11.4 Å². The zero-order valence-electron chi connectivity index (χ0n) is 12.1. The number of amides is 1. The molecule has 0 spiro atoms. The zero-order chi connectivity index (χ0) is 14.0. The van der Waals surface area contributed by atoms with Crippen molar-refractivity contribution in [2.24, 2.45) is 7.05 Å². The molecule has 2 rings (SSSR count). The number of anilines is 1. The van der Waals surface area contributed by atoms with E-state index in [-0.39, 0.29) is 5.91 Å². The normalized spacial score (nSPS) is 19.7. The quantitative estimate of drug-likeness (QED) is 0.907. The molecule has 0 bridgehead atoms. The van der Waals surface area contributed by atoms with Gasteiger partial charge >= 0.3 is 0 Å². The van der Waals surface area contributed by atoms with E-state index < -0.39 is 0 Å². The second kappa shape index (κ2) is 5.63. The summed E-state index contributed by atoms with van der Waals surface area (Å²) in [4.78, 5) is 14.7. The van der Waals surface area contributed by atoms with Gasteiger partial charge in [0.25, 0.3) is 5.91 Å². The maximum absolute atomic E-state index is 12.7. The van der Waals surface area contributed by atoms with Crippen LogP contribution in [0.15, 0.2) is 0 Å². The fraction of sp³-hybridized carbons (Fsp3) is 0.714. The van der Waals surface area contributed by atoms with Crippen molar-refractivity contribution in [2.75, 3.05) is 12.3 Å². The Morgan fingerprint density at radius 3 is 2.74 bits per heavy atom. The maximum atomic E-state index is 12.7. The molecule has 1 aliphatic heterocycles. The van der Waals surface area contributed by atoms with Crippen molar-refractivity contribution in [3.8, 4) is 0 Å². The van der Waals surface area contributed by atoms with Crippen molar-refractivity contribution in [1.29, 1.82) is 0 Å². The molecule has 2 heterocycles. The molecule has 1 aliphatic rings. The molecular weight excluding hydrogens is 240 g/mol. The van der Waals surface area contributed by atoms with Gasteiger partial charge in [0.2, 0.25) is 0 Å². The minimum absolute atomic E-state index is 0.0405. The summed E-state index contributed by atoms with van der Waals surface area (Å²) in [5, 5.41) is 4.34. The Kier molecular flexibility index (Phi) is 4.12. The molecule has 1 saturated heterocycles. The third kappa shape index (κ3) is 2.46. The largest absolute Gasteiger partial charge is 0.395 e. The van der Waals surface area contributed by atoms with E-state index in [4.69, 9.17) is 5.73 Å². The summed E-state index contributed by atoms with van der Waals surface area (Å²) in [6.07, 6.45) is 5.15. The summed E-state index contributed by atoms with van der Waals surface area (Å²) < 4.78 is 1.64. The molecule has 106 valence electrons. The van der Waals surface area contributed by atoms with Crippen molar-refractivity contribution in [3.63, 3.8) is 0 Å². The number of rotatable bonds is 3. The zero-order valence-corrected chi connectivity index (χ0v) is 12.1. The van der Waals surface area contributed by atoms with E-state index in [1.807, 2.05) is 11.8 Å². The van der Waals surface area contributed by atoms with Crippen molar-refractivity contribution in [3.05, 3.63) is 11.4 Å². The van der Waals surface area contributed by atoms with Gasteiger partial charge in [-0.15, -0.1) is 0 Å². The predicted octanol–water partition coefficient (Wildman–Crippen LogP) is 1.97. The first-order valence-corrected chi connectivity index (χ1v) is 7.22. The number of carbonyl (C=O) groups is 1. The monoisotopic (exact) mass is 264 g/mol. The SMILES string of the molecule is CCc1nn(C)c(C(=O)N2CCCCC2CC)c1N. The Labute approximate surface area is 114 Å². The number of aryl methyl sites for hydroxylation is 2. The standard InChI is InChI=1S/C14H24N4O/c1-4-10-8-6-7-9-18(10)14(19)13-12(15)11(5-2)16-17(13)3/h10H,4-9,15H2,1-3H3. The number of piperidine rings is 1. The third-order valence-electron chi connectivity index (χ3n) is 4.06. The Hall–Kier alpha value is -1.52. The van der Waals surface area contributed by atoms with Crippen molar-refractivity contribution in [1.82, 2.24) is 14.7 Å². The van der Waals surface area contributed by atoms with Crippen LogP contribution in [0.1, 0.15) is 55.7 Å². The van der Waals surface area contributed by atoms with Crippen LogP contribution in [0.4, 0.5) is 5.69 Å². The molecule has 0 aromatic carbocycles. The van der Waals surface area contributed by atoms with E-state index in [0.29, 0.717) is 17.4 Å². The molecule has 0 aliphatic carbocycles. The average Bonchev–Trinajstić information content (AvgIpc) is 2.72. The van der Waals surface area contributed by atoms with Crippen LogP contribution in [-0.4, -0.2) is 33.2 Å². The minimum Gasteiger partial charge on any atom is -0.395 e. The van der Waals surface area contributed by atoms with Crippen LogP contribution in [0.3, 0.4) is 0 Å². The first-order valence-electron chi connectivity index (χ1n) is 7.22. The van der Waals surface area contributed by atoms with E-state index in [1.54, 1.807) is 11.7 Å². The molecule has 2 N–H and O–H groups in total. The van der Waals surface area contributed by atoms with Crippen LogP contribution in [0, 0.1) is 0 Å². The van der Waals surface area contributed by atoms with E-state index in [9.17, 15) is 4.79 Å². The highest BCUT2D eigenvalue weighted by Crippen LogP contribution is 2.25. The van der Waals surface area contributed by atoms with Crippen LogP contribution >= 0.6 is 0 Å². The summed E-state index contributed by atoms with van der Waals surface area (Å²) in [6.45, 7) is 4.98. The number of aromatic nitrogens is 2. The van der Waals surface area contributed by atoms with Crippen LogP contribution in [-0.2, 0) is 13.5 Å². The number of likely N-dealkylation sites (tertiary alicyclic amines) is 1. The molecule has 1 aromatic rings. The fourth-order valence-corrected chi connectivity index (χ4v) is 2.94. The molecule has 1 aromatic heterocycles. The summed E-state index contributed by atoms with van der Waals surface area (Å²) in [7, 11) is 1.80. The first-order chi connectivity index (χ1) is 9.10. The van der Waals surface area contributed by atoms with Gasteiger partial charge in [0.1, 0.15) is 5.69 Å². The van der Waals surface area contributed by atoms with Crippen LogP contribution in [0.25, 0.3) is 0 Å². The van der Waals surface area contributed by atoms with Gasteiger partial charge in [-0.3, -0.25) is 9.48 Å². The van der Waals surface area contributed by atoms with Gasteiger partial charge in [-0.05, 0) is 32.1 Å². The van der Waals surface area contributed by atoms with Crippen molar-refractivity contribution in [2.45, 2.75) is 52.0 Å². The van der Waals surface area contributed by atoms with Gasteiger partial charge < -0.3 is 10.6 Å². The summed E-state index contributed by atoms with van der Waals surface area (Å²) >= 11 is 0. The number of hydrogen-bond donors (Lipinski definition) is 1. The number of nitrogens with zero attached hydrogens (tertiary/aromatic N) is 3. The molecule has 5 heteroatoms. The molecule has 0 radical (unpaired) electrons. The molecule has 1 fully saturated rings. The van der Waals surface area contributed by atoms with E-state index in [0.717, 1.165) is 37.9 Å². The summed E-state index contributed by atoms with van der Waals surface area (Å²) in [6, 6.07) is 0.348. The van der Waals surface area contributed by atoms with Gasteiger partial charge in [-0.25, -0.2) is 0 Å². The lowest BCUT2D eigenvalue weighted by atomic mass is 9.99. The number of nitrogen functional groups attached to an aromatic ring is 1. The van der Waals surface area contributed by atoms with Gasteiger partial charge in [0, 0.05) is 19.6 Å². The summed E-state index contributed by atoms with van der Waals surface area (Å²) in [5.41, 5.74) is 8.00. The highest BCUT2D eigenvalue weighted by molar-refractivity contribution is 5.98. The lowest BCUT2D eigenvalue weighted by Crippen LogP contribution is -2.44. The number of hydrogen-bond acceptors (Lipinski definition) is 3. The second-order valence-corrected chi connectivity index (χ2v) is 5.24. The summed E-state index contributed by atoms with van der Waals surface area (Å²) in [5.74, 6) is 0.0405. The molecule has 1 unspecified atom stereocenters. The van der Waals surface area contributed by atoms with Crippen molar-refractivity contribution < 1.29 is 4.79 Å². The molecule has 0 saturated carbocycles. The van der Waals surface area contributed by atoms with Crippen LogP contribution in [0.2, 0.25) is 0 Å². The first kappa shape index (κ1) is 13.9. The molecule has 5 nitrogen and oxygen atoms in total. The molecule has 1 amide bonds. The molecular formula is C14H24N4O.